The predicted molar refractivity (Wildman–Crippen MR) is 132 cm³/mol. The van der Waals surface area contributed by atoms with Crippen LogP contribution < -0.4 is 5.32 Å². The Hall–Kier alpha value is -4.39. The van der Waals surface area contributed by atoms with E-state index < -0.39 is 18.1 Å². The van der Waals surface area contributed by atoms with E-state index >= 15 is 0 Å². The third-order valence-electron chi connectivity index (χ3n) is 6.49. The fraction of sp³-hybridized carbons (Fsp3) is 0.179. The van der Waals surface area contributed by atoms with Crippen molar-refractivity contribution < 1.29 is 24.2 Å². The second-order valence-corrected chi connectivity index (χ2v) is 8.63. The van der Waals surface area contributed by atoms with Gasteiger partial charge in [0.1, 0.15) is 12.6 Å². The van der Waals surface area contributed by atoms with Gasteiger partial charge in [0, 0.05) is 30.8 Å². The maximum Gasteiger partial charge on any atom is 0.407 e. The number of alkyl carbamates (subject to hydrolysis) is 1. The smallest absolute Gasteiger partial charge is 0.407 e. The van der Waals surface area contributed by atoms with Gasteiger partial charge in [-0.25, -0.2) is 9.59 Å². The molecule has 1 amide bonds. The van der Waals surface area contributed by atoms with Gasteiger partial charge in [0.2, 0.25) is 5.91 Å². The molecule has 3 aromatic carbocycles. The molecule has 1 unspecified atom stereocenters. The van der Waals surface area contributed by atoms with Crippen LogP contribution in [0.4, 0.5) is 4.79 Å². The first kappa shape index (κ1) is 22.4. The van der Waals surface area contributed by atoms with E-state index in [1.165, 1.54) is 11.5 Å². The van der Waals surface area contributed by atoms with Crippen LogP contribution in [-0.4, -0.2) is 40.3 Å². The van der Waals surface area contributed by atoms with Gasteiger partial charge < -0.3 is 15.2 Å². The van der Waals surface area contributed by atoms with E-state index in [-0.39, 0.29) is 24.9 Å². The molecule has 4 aromatic rings. The lowest BCUT2D eigenvalue weighted by atomic mass is 9.98. The summed E-state index contributed by atoms with van der Waals surface area (Å²) in [4.78, 5) is 36.6. The van der Waals surface area contributed by atoms with Crippen molar-refractivity contribution in [1.29, 1.82) is 0 Å². The third kappa shape index (κ3) is 4.17. The SMILES string of the molecule is CC(=O)n1cc(CC(NC(=O)OCC2c3ccccc3-c3ccccc32)C(=O)O)c2ccccc21. The summed E-state index contributed by atoms with van der Waals surface area (Å²) in [5.41, 5.74) is 5.73. The number of amides is 1. The molecule has 7 heteroatoms. The van der Waals surface area contributed by atoms with E-state index in [4.69, 9.17) is 4.74 Å². The number of nitrogens with zero attached hydrogens (tertiary/aromatic N) is 1. The standard InChI is InChI=1S/C28H24N2O5/c1-17(31)30-15-18(19-8-6-7-13-26(19)30)14-25(27(32)33)29-28(34)35-16-24-22-11-4-2-9-20(22)21-10-3-5-12-23(21)24/h2-13,15,24-25H,14,16H2,1H3,(H,29,34)(H,32,33). The Morgan fingerprint density at radius 1 is 0.943 bits per heavy atom. The minimum atomic E-state index is -1.21. The zero-order valence-corrected chi connectivity index (χ0v) is 19.1. The number of para-hydroxylation sites is 1. The Labute approximate surface area is 202 Å². The molecule has 5 rings (SSSR count). The van der Waals surface area contributed by atoms with E-state index in [0.29, 0.717) is 11.1 Å². The van der Waals surface area contributed by atoms with Crippen molar-refractivity contribution in [3.8, 4) is 11.1 Å². The first-order valence-corrected chi connectivity index (χ1v) is 11.4. The summed E-state index contributed by atoms with van der Waals surface area (Å²) in [7, 11) is 0. The minimum absolute atomic E-state index is 0.0142. The van der Waals surface area contributed by atoms with E-state index in [0.717, 1.165) is 27.6 Å². The average Bonchev–Trinajstić information content (AvgIpc) is 3.38. The number of rotatable bonds is 6. The number of carboxylic acids is 1. The Morgan fingerprint density at radius 3 is 2.17 bits per heavy atom. The number of aromatic nitrogens is 1. The minimum Gasteiger partial charge on any atom is -0.480 e. The summed E-state index contributed by atoms with van der Waals surface area (Å²) < 4.78 is 7.00. The summed E-state index contributed by atoms with van der Waals surface area (Å²) in [6, 6.07) is 22.1. The third-order valence-corrected chi connectivity index (χ3v) is 6.49. The van der Waals surface area contributed by atoms with Gasteiger partial charge in [-0.15, -0.1) is 0 Å². The maximum absolute atomic E-state index is 12.6. The monoisotopic (exact) mass is 468 g/mol. The largest absolute Gasteiger partial charge is 0.480 e. The molecule has 1 atom stereocenters. The van der Waals surface area contributed by atoms with Crippen molar-refractivity contribution in [2.75, 3.05) is 6.61 Å². The molecule has 0 fully saturated rings. The lowest BCUT2D eigenvalue weighted by Gasteiger charge is -2.17. The lowest BCUT2D eigenvalue weighted by molar-refractivity contribution is -0.139. The summed E-state index contributed by atoms with van der Waals surface area (Å²) in [5, 5.41) is 13.0. The molecule has 0 spiro atoms. The number of hydrogen-bond donors (Lipinski definition) is 2. The summed E-state index contributed by atoms with van der Waals surface area (Å²) in [6.07, 6.45) is 0.845. The molecule has 0 radical (unpaired) electrons. The van der Waals surface area contributed by atoms with Crippen LogP contribution in [0.1, 0.15) is 34.3 Å². The zero-order valence-electron chi connectivity index (χ0n) is 19.1. The number of aliphatic carboxylic acids is 1. The molecule has 0 bridgehead atoms. The highest BCUT2D eigenvalue weighted by atomic mass is 16.5. The van der Waals surface area contributed by atoms with Gasteiger partial charge in [0.25, 0.3) is 0 Å². The second-order valence-electron chi connectivity index (χ2n) is 8.63. The summed E-state index contributed by atoms with van der Waals surface area (Å²) in [5.74, 6) is -1.48. The fourth-order valence-electron chi connectivity index (χ4n) is 4.88. The van der Waals surface area contributed by atoms with Gasteiger partial charge in [-0.2, -0.15) is 0 Å². The fourth-order valence-corrected chi connectivity index (χ4v) is 4.88. The van der Waals surface area contributed by atoms with Gasteiger partial charge in [-0.1, -0.05) is 66.7 Å². The average molecular weight is 469 g/mol. The Kier molecular flexibility index (Phi) is 5.82. The van der Waals surface area contributed by atoms with Crippen LogP contribution in [0.3, 0.4) is 0 Å². The van der Waals surface area contributed by atoms with Crippen molar-refractivity contribution in [2.45, 2.75) is 25.3 Å². The molecule has 176 valence electrons. The molecule has 1 aliphatic rings. The van der Waals surface area contributed by atoms with Crippen LogP contribution in [0.25, 0.3) is 22.0 Å². The lowest BCUT2D eigenvalue weighted by Crippen LogP contribution is -2.42. The molecular formula is C28H24N2O5. The Morgan fingerprint density at radius 2 is 1.54 bits per heavy atom. The van der Waals surface area contributed by atoms with Crippen LogP contribution in [0, 0.1) is 0 Å². The summed E-state index contributed by atoms with van der Waals surface area (Å²) in [6.45, 7) is 1.54. The normalized spacial score (nSPS) is 13.2. The number of fused-ring (bicyclic) bond motifs is 4. The van der Waals surface area contributed by atoms with Crippen LogP contribution in [0.2, 0.25) is 0 Å². The number of carbonyl (C=O) groups is 3. The molecular weight excluding hydrogens is 444 g/mol. The van der Waals surface area contributed by atoms with E-state index in [1.54, 1.807) is 12.3 Å². The Balaban J connectivity index is 1.31. The second kappa shape index (κ2) is 9.10. The highest BCUT2D eigenvalue weighted by Crippen LogP contribution is 2.44. The van der Waals surface area contributed by atoms with Crippen LogP contribution >= 0.6 is 0 Å². The molecule has 7 nitrogen and oxygen atoms in total. The number of nitrogens with one attached hydrogen (secondary N) is 1. The van der Waals surface area contributed by atoms with Crippen LogP contribution in [0.15, 0.2) is 79.0 Å². The van der Waals surface area contributed by atoms with Crippen LogP contribution in [0.5, 0.6) is 0 Å². The maximum atomic E-state index is 12.6. The zero-order chi connectivity index (χ0) is 24.5. The molecule has 0 saturated carbocycles. The van der Waals surface area contributed by atoms with Crippen molar-refractivity contribution in [3.63, 3.8) is 0 Å². The number of carbonyl (C=O) groups excluding carboxylic acids is 2. The van der Waals surface area contributed by atoms with E-state index in [9.17, 15) is 19.5 Å². The van der Waals surface area contributed by atoms with Crippen molar-refractivity contribution in [3.05, 3.63) is 95.7 Å². The molecule has 1 aromatic heterocycles. The number of ether oxygens (including phenoxy) is 1. The molecule has 1 aliphatic carbocycles. The van der Waals surface area contributed by atoms with Crippen LogP contribution in [-0.2, 0) is 16.0 Å². The van der Waals surface area contributed by atoms with Gasteiger partial charge in [0.05, 0.1) is 5.52 Å². The highest BCUT2D eigenvalue weighted by Gasteiger charge is 2.30. The molecule has 0 saturated heterocycles. The number of carboxylic acid groups (broad SMARTS) is 1. The molecule has 35 heavy (non-hydrogen) atoms. The van der Waals surface area contributed by atoms with Gasteiger partial charge >= 0.3 is 12.1 Å². The number of benzene rings is 3. The first-order valence-electron chi connectivity index (χ1n) is 11.4. The van der Waals surface area contributed by atoms with Gasteiger partial charge in [-0.3, -0.25) is 9.36 Å². The van der Waals surface area contributed by atoms with Gasteiger partial charge in [-0.05, 0) is 33.9 Å². The molecule has 2 N–H and O–H groups in total. The van der Waals surface area contributed by atoms with Crippen molar-refractivity contribution >= 4 is 28.9 Å². The Bertz CT molecular complexity index is 1410. The molecule has 1 heterocycles. The summed E-state index contributed by atoms with van der Waals surface area (Å²) >= 11 is 0. The first-order chi connectivity index (χ1) is 16.9. The quantitative estimate of drug-likeness (QED) is 0.422. The topological polar surface area (TPSA) is 97.6 Å². The van der Waals surface area contributed by atoms with E-state index in [1.807, 2.05) is 66.7 Å². The predicted octanol–water partition coefficient (Wildman–Crippen LogP) is 4.84. The molecule has 0 aliphatic heterocycles. The van der Waals surface area contributed by atoms with Crippen molar-refractivity contribution in [1.82, 2.24) is 9.88 Å². The van der Waals surface area contributed by atoms with E-state index in [2.05, 4.69) is 5.32 Å². The highest BCUT2D eigenvalue weighted by molar-refractivity contribution is 5.94. The van der Waals surface area contributed by atoms with Crippen molar-refractivity contribution in [2.24, 2.45) is 0 Å². The number of hydrogen-bond acceptors (Lipinski definition) is 4. The van der Waals surface area contributed by atoms with Gasteiger partial charge in [0.15, 0.2) is 0 Å².